The molecule has 3 heteroatoms. The predicted molar refractivity (Wildman–Crippen MR) is 42.3 cm³/mol. The van der Waals surface area contributed by atoms with E-state index in [0.717, 1.165) is 0 Å². The Morgan fingerprint density at radius 1 is 0.800 bits per heavy atom. The van der Waals surface area contributed by atoms with Crippen molar-refractivity contribution in [2.24, 2.45) is 0 Å². The third-order valence-electron chi connectivity index (χ3n) is 0.607. The average Bonchev–Trinajstić information content (AvgIpc) is 1.72. The van der Waals surface area contributed by atoms with Crippen molar-refractivity contribution in [2.75, 3.05) is 0 Å². The van der Waals surface area contributed by atoms with Crippen molar-refractivity contribution in [3.05, 3.63) is 56.1 Å². The minimum absolute atomic E-state index is 0. The Bertz CT molecular complexity index is 83.5. The van der Waals surface area contributed by atoms with Gasteiger partial charge in [0.15, 0.2) is 0 Å². The third kappa shape index (κ3) is 10.7. The molecule has 0 radical (unpaired) electrons. The second-order valence-electron chi connectivity index (χ2n) is 1.08. The van der Waals surface area contributed by atoms with Crippen LogP contribution in [0.1, 0.15) is 0 Å². The van der Waals surface area contributed by atoms with Gasteiger partial charge in [0, 0.05) is 20.4 Å². The Balaban J connectivity index is -0.0000000450. The van der Waals surface area contributed by atoms with Gasteiger partial charge in [0.05, 0.1) is 0 Å². The summed E-state index contributed by atoms with van der Waals surface area (Å²) in [5.41, 5.74) is 0. The van der Waals surface area contributed by atoms with E-state index in [0.29, 0.717) is 0 Å². The van der Waals surface area contributed by atoms with Gasteiger partial charge in [-0.3, -0.25) is 0 Å². The second kappa shape index (κ2) is 15.9. The van der Waals surface area contributed by atoms with Crippen LogP contribution in [0.25, 0.3) is 12.3 Å². The van der Waals surface area contributed by atoms with Gasteiger partial charge in [0.25, 0.3) is 0 Å². The molecule has 0 spiro atoms. The van der Waals surface area contributed by atoms with Gasteiger partial charge in [-0.15, -0.1) is 0 Å². The zero-order valence-corrected chi connectivity index (χ0v) is 7.41. The summed E-state index contributed by atoms with van der Waals surface area (Å²) in [6, 6.07) is 12.5. The standard InChI is InChI=1S/C6H5.CH3.2H2N.Pd/c1-2-4-6-5-3-1;;;;/h1-5H;1H3;2*1H2;/q4*-1;. The van der Waals surface area contributed by atoms with Gasteiger partial charge in [-0.2, -0.15) is 36.4 Å². The molecule has 1 rings (SSSR count). The van der Waals surface area contributed by atoms with E-state index in [1.54, 1.807) is 0 Å². The van der Waals surface area contributed by atoms with E-state index in [1.807, 2.05) is 30.3 Å². The van der Waals surface area contributed by atoms with Crippen molar-refractivity contribution < 1.29 is 20.4 Å². The Hall–Kier alpha value is -0.198. The van der Waals surface area contributed by atoms with Gasteiger partial charge in [-0.05, 0) is 0 Å². The maximum atomic E-state index is 2.89. The smallest absolute Gasteiger partial charge is 0 e. The largest absolute Gasteiger partial charge is 0.693 e. The van der Waals surface area contributed by atoms with E-state index in [-0.39, 0.29) is 40.2 Å². The molecule has 0 aliphatic rings. The molecule has 64 valence electrons. The van der Waals surface area contributed by atoms with Crippen LogP contribution >= 0.6 is 0 Å². The maximum absolute atomic E-state index is 2.89. The Morgan fingerprint density at radius 2 is 1.20 bits per heavy atom. The minimum atomic E-state index is 0. The number of hydrogen-bond acceptors (Lipinski definition) is 0. The number of rotatable bonds is 0. The summed E-state index contributed by atoms with van der Waals surface area (Å²) in [5, 5.41) is 0. The van der Waals surface area contributed by atoms with Crippen molar-refractivity contribution in [3.63, 3.8) is 0 Å². The molecular formula is C7H12N2Pd-4. The van der Waals surface area contributed by atoms with Crippen LogP contribution in [0.2, 0.25) is 0 Å². The summed E-state index contributed by atoms with van der Waals surface area (Å²) in [4.78, 5) is 0. The first-order valence-corrected chi connectivity index (χ1v) is 1.91. The molecule has 0 atom stereocenters. The molecule has 1 aromatic rings. The van der Waals surface area contributed by atoms with Gasteiger partial charge >= 0.3 is 0 Å². The van der Waals surface area contributed by atoms with Crippen LogP contribution < -0.4 is 0 Å². The molecule has 0 fully saturated rings. The topological polar surface area (TPSA) is 67.0 Å². The summed E-state index contributed by atoms with van der Waals surface area (Å²) >= 11 is 0. The molecule has 0 saturated carbocycles. The zero-order chi connectivity index (χ0) is 4.24. The van der Waals surface area contributed by atoms with E-state index in [1.165, 1.54) is 0 Å². The first-order chi connectivity index (χ1) is 3.00. The fourth-order valence-corrected chi connectivity index (χ4v) is 0.342. The first kappa shape index (κ1) is 22.6. The van der Waals surface area contributed by atoms with Crippen molar-refractivity contribution in [1.82, 2.24) is 0 Å². The third-order valence-corrected chi connectivity index (χ3v) is 0.607. The summed E-state index contributed by atoms with van der Waals surface area (Å²) < 4.78 is 0. The van der Waals surface area contributed by atoms with Gasteiger partial charge in [-0.1, -0.05) is 0 Å². The SMILES string of the molecule is [CH3-].[NH2-].[NH2-].[Pd].[c-]1ccccc1. The van der Waals surface area contributed by atoms with Crippen molar-refractivity contribution >= 4 is 0 Å². The van der Waals surface area contributed by atoms with Crippen LogP contribution in [0.4, 0.5) is 0 Å². The van der Waals surface area contributed by atoms with E-state index in [9.17, 15) is 0 Å². The van der Waals surface area contributed by atoms with Crippen LogP contribution in [0.3, 0.4) is 0 Å². The van der Waals surface area contributed by atoms with Gasteiger partial charge < -0.3 is 19.7 Å². The molecule has 0 unspecified atom stereocenters. The van der Waals surface area contributed by atoms with E-state index in [4.69, 9.17) is 0 Å². The fraction of sp³-hybridized carbons (Fsp3) is 0. The maximum Gasteiger partial charge on any atom is 0 e. The van der Waals surface area contributed by atoms with E-state index < -0.39 is 0 Å². The van der Waals surface area contributed by atoms with Crippen molar-refractivity contribution in [2.45, 2.75) is 0 Å². The van der Waals surface area contributed by atoms with Crippen LogP contribution in [-0.4, -0.2) is 0 Å². The molecule has 0 aromatic heterocycles. The monoisotopic (exact) mass is 230 g/mol. The van der Waals surface area contributed by atoms with Crippen molar-refractivity contribution in [3.8, 4) is 0 Å². The molecule has 0 aliphatic carbocycles. The molecule has 10 heavy (non-hydrogen) atoms. The van der Waals surface area contributed by atoms with Crippen molar-refractivity contribution in [1.29, 1.82) is 0 Å². The predicted octanol–water partition coefficient (Wildman–Crippen LogP) is 3.37. The summed E-state index contributed by atoms with van der Waals surface area (Å²) in [6.45, 7) is 0. The summed E-state index contributed by atoms with van der Waals surface area (Å²) in [7, 11) is 0. The number of nitrogens with two attached hydrogens (primary N) is 2. The van der Waals surface area contributed by atoms with Crippen LogP contribution in [0.15, 0.2) is 30.3 Å². The second-order valence-corrected chi connectivity index (χ2v) is 1.08. The van der Waals surface area contributed by atoms with E-state index in [2.05, 4.69) is 6.07 Å². The quantitative estimate of drug-likeness (QED) is 0.484. The molecule has 4 N–H and O–H groups in total. The molecule has 0 amide bonds. The van der Waals surface area contributed by atoms with Crippen LogP contribution in [-0.2, 0) is 20.4 Å². The molecule has 0 saturated heterocycles. The summed E-state index contributed by atoms with van der Waals surface area (Å²) in [5.74, 6) is 0. The average molecular weight is 231 g/mol. The molecule has 1 aromatic carbocycles. The zero-order valence-electron chi connectivity index (χ0n) is 5.86. The number of hydrogen-bond donors (Lipinski definition) is 0. The molecule has 0 heterocycles. The summed E-state index contributed by atoms with van der Waals surface area (Å²) in [6.07, 6.45) is 0. The van der Waals surface area contributed by atoms with Crippen LogP contribution in [0, 0.1) is 13.5 Å². The first-order valence-electron chi connectivity index (χ1n) is 1.91. The van der Waals surface area contributed by atoms with E-state index >= 15 is 0 Å². The molecule has 0 aliphatic heterocycles. The minimum Gasteiger partial charge on any atom is -0.693 e. The molecular weight excluding hydrogens is 219 g/mol. The number of benzene rings is 1. The Labute approximate surface area is 76.9 Å². The Morgan fingerprint density at radius 3 is 1.30 bits per heavy atom. The van der Waals surface area contributed by atoms with Gasteiger partial charge in [0.2, 0.25) is 0 Å². The van der Waals surface area contributed by atoms with Crippen LogP contribution in [0.5, 0.6) is 0 Å². The molecule has 0 bridgehead atoms. The fourth-order valence-electron chi connectivity index (χ4n) is 0.342. The van der Waals surface area contributed by atoms with Gasteiger partial charge in [-0.25, -0.2) is 0 Å². The Kier molecular flexibility index (Phi) is 35.9. The molecule has 2 nitrogen and oxygen atoms in total. The van der Waals surface area contributed by atoms with Gasteiger partial charge in [0.1, 0.15) is 0 Å². The normalized spacial score (nSPS) is 4.80.